The number of likely N-dealkylation sites (N-methyl/N-ethyl adjacent to an activating group) is 1. The first kappa shape index (κ1) is 17.4. The van der Waals surface area contributed by atoms with E-state index in [9.17, 15) is 4.79 Å². The zero-order chi connectivity index (χ0) is 15.2. The molecule has 0 bridgehead atoms. The third-order valence-corrected chi connectivity index (χ3v) is 3.75. The number of carbonyl (C=O) groups is 1. The number of nitrogens with two attached hydrogens (primary N) is 1. The van der Waals surface area contributed by atoms with E-state index in [1.165, 1.54) is 6.42 Å². The molecule has 1 amide bonds. The second kappa shape index (κ2) is 7.96. The zero-order valence-electron chi connectivity index (χ0n) is 13.4. The molecular formula is C15H30N2O3. The summed E-state index contributed by atoms with van der Waals surface area (Å²) in [5.74, 6) is 0.00216. The molecule has 1 aliphatic rings. The standard InChI is InChI=1S/C15H30N2O3/c1-12(20-9-13-7-5-6-8-19-13)14(18)17(4)11-15(2,3)10-16/h12-13H,5-11,16H2,1-4H3. The van der Waals surface area contributed by atoms with Gasteiger partial charge in [0.25, 0.3) is 5.91 Å². The predicted molar refractivity (Wildman–Crippen MR) is 79.5 cm³/mol. The van der Waals surface area contributed by atoms with Crippen LogP contribution in [-0.4, -0.2) is 56.4 Å². The summed E-state index contributed by atoms with van der Waals surface area (Å²) in [6.45, 7) is 8.40. The zero-order valence-corrected chi connectivity index (χ0v) is 13.4. The topological polar surface area (TPSA) is 64.8 Å². The van der Waals surface area contributed by atoms with Gasteiger partial charge in [-0.3, -0.25) is 4.79 Å². The maximum absolute atomic E-state index is 12.2. The van der Waals surface area contributed by atoms with Gasteiger partial charge in [-0.1, -0.05) is 13.8 Å². The van der Waals surface area contributed by atoms with Gasteiger partial charge in [-0.15, -0.1) is 0 Å². The first-order valence-corrected chi connectivity index (χ1v) is 7.54. The van der Waals surface area contributed by atoms with Crippen molar-refractivity contribution >= 4 is 5.91 Å². The maximum atomic E-state index is 12.2. The van der Waals surface area contributed by atoms with Gasteiger partial charge in [-0.25, -0.2) is 0 Å². The molecule has 0 aromatic rings. The van der Waals surface area contributed by atoms with Crippen molar-refractivity contribution in [2.24, 2.45) is 11.1 Å². The molecule has 0 aliphatic carbocycles. The van der Waals surface area contributed by atoms with E-state index in [1.54, 1.807) is 18.9 Å². The molecule has 2 N–H and O–H groups in total. The van der Waals surface area contributed by atoms with E-state index in [0.717, 1.165) is 19.4 Å². The molecule has 2 unspecified atom stereocenters. The minimum Gasteiger partial charge on any atom is -0.376 e. The van der Waals surface area contributed by atoms with Gasteiger partial charge in [0.2, 0.25) is 0 Å². The molecule has 20 heavy (non-hydrogen) atoms. The van der Waals surface area contributed by atoms with Crippen LogP contribution in [-0.2, 0) is 14.3 Å². The van der Waals surface area contributed by atoms with Crippen LogP contribution in [0.25, 0.3) is 0 Å². The second-order valence-electron chi connectivity index (χ2n) is 6.53. The van der Waals surface area contributed by atoms with Crippen molar-refractivity contribution in [2.75, 3.05) is 33.4 Å². The SMILES string of the molecule is CC(OCC1CCCCO1)C(=O)N(C)CC(C)(C)CN. The van der Waals surface area contributed by atoms with Gasteiger partial charge in [-0.05, 0) is 38.1 Å². The van der Waals surface area contributed by atoms with Crippen LogP contribution in [0.15, 0.2) is 0 Å². The van der Waals surface area contributed by atoms with Crippen LogP contribution in [0.3, 0.4) is 0 Å². The fraction of sp³-hybridized carbons (Fsp3) is 0.933. The lowest BCUT2D eigenvalue weighted by molar-refractivity contribution is -0.146. The lowest BCUT2D eigenvalue weighted by Crippen LogP contribution is -2.44. The van der Waals surface area contributed by atoms with Gasteiger partial charge in [-0.2, -0.15) is 0 Å². The molecule has 0 radical (unpaired) electrons. The van der Waals surface area contributed by atoms with Crippen molar-refractivity contribution in [1.29, 1.82) is 0 Å². The molecule has 5 heteroatoms. The quantitative estimate of drug-likeness (QED) is 0.768. The highest BCUT2D eigenvalue weighted by molar-refractivity contribution is 5.80. The van der Waals surface area contributed by atoms with Gasteiger partial charge in [0.15, 0.2) is 0 Å². The van der Waals surface area contributed by atoms with Crippen LogP contribution in [0.2, 0.25) is 0 Å². The van der Waals surface area contributed by atoms with Crippen LogP contribution in [0.1, 0.15) is 40.0 Å². The average Bonchev–Trinajstić information content (AvgIpc) is 2.44. The van der Waals surface area contributed by atoms with E-state index < -0.39 is 6.10 Å². The fourth-order valence-corrected chi connectivity index (χ4v) is 2.36. The molecule has 1 rings (SSSR count). The van der Waals surface area contributed by atoms with E-state index in [4.69, 9.17) is 15.2 Å². The number of hydrogen-bond acceptors (Lipinski definition) is 4. The van der Waals surface area contributed by atoms with Crippen molar-refractivity contribution in [3.8, 4) is 0 Å². The Bertz CT molecular complexity index is 301. The van der Waals surface area contributed by atoms with Gasteiger partial charge in [0.1, 0.15) is 6.10 Å². The normalized spacial score (nSPS) is 21.6. The first-order valence-electron chi connectivity index (χ1n) is 7.54. The highest BCUT2D eigenvalue weighted by Crippen LogP contribution is 2.16. The fourth-order valence-electron chi connectivity index (χ4n) is 2.36. The second-order valence-corrected chi connectivity index (χ2v) is 6.53. The van der Waals surface area contributed by atoms with Gasteiger partial charge in [0.05, 0.1) is 12.7 Å². The molecule has 0 saturated carbocycles. The number of carbonyl (C=O) groups excluding carboxylic acids is 1. The Morgan fingerprint density at radius 1 is 1.50 bits per heavy atom. The Kier molecular flexibility index (Phi) is 6.92. The summed E-state index contributed by atoms with van der Waals surface area (Å²) in [6, 6.07) is 0. The molecule has 5 nitrogen and oxygen atoms in total. The molecule has 1 fully saturated rings. The van der Waals surface area contributed by atoms with Gasteiger partial charge in [0, 0.05) is 20.2 Å². The molecule has 0 aromatic heterocycles. The van der Waals surface area contributed by atoms with Crippen molar-refractivity contribution in [3.63, 3.8) is 0 Å². The van der Waals surface area contributed by atoms with Gasteiger partial charge < -0.3 is 20.1 Å². The molecule has 0 spiro atoms. The maximum Gasteiger partial charge on any atom is 0.251 e. The average molecular weight is 286 g/mol. The molecule has 2 atom stereocenters. The summed E-state index contributed by atoms with van der Waals surface area (Å²) in [6.07, 6.45) is 3.05. The first-order chi connectivity index (χ1) is 9.35. The Hall–Kier alpha value is -0.650. The Balaban J connectivity index is 2.33. The van der Waals surface area contributed by atoms with Crippen LogP contribution >= 0.6 is 0 Å². The van der Waals surface area contributed by atoms with Crippen LogP contribution in [0.5, 0.6) is 0 Å². The van der Waals surface area contributed by atoms with Crippen LogP contribution in [0.4, 0.5) is 0 Å². The van der Waals surface area contributed by atoms with Gasteiger partial charge >= 0.3 is 0 Å². The summed E-state index contributed by atoms with van der Waals surface area (Å²) >= 11 is 0. The smallest absolute Gasteiger partial charge is 0.251 e. The van der Waals surface area contributed by atoms with Crippen LogP contribution in [0, 0.1) is 5.41 Å². The minimum absolute atomic E-state index is 0.00216. The van der Waals surface area contributed by atoms with E-state index in [2.05, 4.69) is 13.8 Å². The summed E-state index contributed by atoms with van der Waals surface area (Å²) in [5.41, 5.74) is 5.63. The van der Waals surface area contributed by atoms with Crippen molar-refractivity contribution in [1.82, 2.24) is 4.90 Å². The van der Waals surface area contributed by atoms with E-state index >= 15 is 0 Å². The molecule has 1 heterocycles. The minimum atomic E-state index is -0.431. The number of rotatable bonds is 7. The number of amides is 1. The summed E-state index contributed by atoms with van der Waals surface area (Å²) < 4.78 is 11.3. The Morgan fingerprint density at radius 3 is 2.75 bits per heavy atom. The van der Waals surface area contributed by atoms with Crippen LogP contribution < -0.4 is 5.73 Å². The van der Waals surface area contributed by atoms with E-state index in [-0.39, 0.29) is 17.4 Å². The molecule has 118 valence electrons. The third-order valence-electron chi connectivity index (χ3n) is 3.75. The molecular weight excluding hydrogens is 256 g/mol. The molecule has 1 saturated heterocycles. The Labute approximate surface area is 122 Å². The predicted octanol–water partition coefficient (Wildman–Crippen LogP) is 1.40. The molecule has 1 aliphatic heterocycles. The van der Waals surface area contributed by atoms with Crippen molar-refractivity contribution < 1.29 is 14.3 Å². The summed E-state index contributed by atoms with van der Waals surface area (Å²) in [5, 5.41) is 0. The Morgan fingerprint density at radius 2 is 2.20 bits per heavy atom. The highest BCUT2D eigenvalue weighted by atomic mass is 16.5. The summed E-state index contributed by atoms with van der Waals surface area (Å²) in [4.78, 5) is 13.9. The van der Waals surface area contributed by atoms with Crippen molar-refractivity contribution in [2.45, 2.75) is 52.2 Å². The third kappa shape index (κ3) is 5.77. The van der Waals surface area contributed by atoms with E-state index in [1.807, 2.05) is 0 Å². The van der Waals surface area contributed by atoms with E-state index in [0.29, 0.717) is 19.7 Å². The number of nitrogens with zero attached hydrogens (tertiary/aromatic N) is 1. The monoisotopic (exact) mass is 286 g/mol. The number of ether oxygens (including phenoxy) is 2. The lowest BCUT2D eigenvalue weighted by atomic mass is 9.93. The van der Waals surface area contributed by atoms with Crippen molar-refractivity contribution in [3.05, 3.63) is 0 Å². The largest absolute Gasteiger partial charge is 0.376 e. The highest BCUT2D eigenvalue weighted by Gasteiger charge is 2.25. The summed E-state index contributed by atoms with van der Waals surface area (Å²) in [7, 11) is 1.80. The lowest BCUT2D eigenvalue weighted by Gasteiger charge is -2.31. The number of hydrogen-bond donors (Lipinski definition) is 1. The molecule has 0 aromatic carbocycles.